The third-order valence-corrected chi connectivity index (χ3v) is 5.29. The lowest BCUT2D eigenvalue weighted by Gasteiger charge is -2.20. The van der Waals surface area contributed by atoms with E-state index in [1.807, 2.05) is 17.8 Å². The molecule has 1 aliphatic rings. The summed E-state index contributed by atoms with van der Waals surface area (Å²) in [5.74, 6) is 0. The SMILES string of the molecule is CC(N)Cc1c(SC2CCCCC2)nc2ccccn12. The molecule has 0 aromatic carbocycles. The lowest BCUT2D eigenvalue weighted by Crippen LogP contribution is -2.19. The first kappa shape index (κ1) is 14.0. The first-order valence-electron chi connectivity index (χ1n) is 7.62. The monoisotopic (exact) mass is 289 g/mol. The van der Waals surface area contributed by atoms with Gasteiger partial charge in [-0.15, -0.1) is 11.8 Å². The Labute approximate surface area is 125 Å². The molecule has 2 aromatic heterocycles. The average Bonchev–Trinajstić information content (AvgIpc) is 2.78. The van der Waals surface area contributed by atoms with Gasteiger partial charge in [-0.2, -0.15) is 0 Å². The van der Waals surface area contributed by atoms with Crippen molar-refractivity contribution in [2.45, 2.75) is 61.8 Å². The molecule has 108 valence electrons. The Kier molecular flexibility index (Phi) is 4.32. The Hall–Kier alpha value is -1.00. The number of aromatic nitrogens is 2. The largest absolute Gasteiger partial charge is 0.328 e. The second kappa shape index (κ2) is 6.19. The number of thioether (sulfide) groups is 1. The van der Waals surface area contributed by atoms with E-state index in [1.165, 1.54) is 42.8 Å². The van der Waals surface area contributed by atoms with Crippen molar-refractivity contribution in [2.24, 2.45) is 5.73 Å². The highest BCUT2D eigenvalue weighted by molar-refractivity contribution is 7.99. The molecule has 1 aliphatic carbocycles. The van der Waals surface area contributed by atoms with Crippen LogP contribution in [0.25, 0.3) is 5.65 Å². The predicted molar refractivity (Wildman–Crippen MR) is 85.3 cm³/mol. The fraction of sp³-hybridized carbons (Fsp3) is 0.562. The lowest BCUT2D eigenvalue weighted by molar-refractivity contribution is 0.515. The maximum absolute atomic E-state index is 6.03. The van der Waals surface area contributed by atoms with Crippen LogP contribution in [0, 0.1) is 0 Å². The van der Waals surface area contributed by atoms with Gasteiger partial charge in [0, 0.05) is 23.9 Å². The average molecular weight is 289 g/mol. The van der Waals surface area contributed by atoms with Crippen molar-refractivity contribution in [3.8, 4) is 0 Å². The summed E-state index contributed by atoms with van der Waals surface area (Å²) in [5.41, 5.74) is 8.35. The first-order valence-corrected chi connectivity index (χ1v) is 8.50. The van der Waals surface area contributed by atoms with Gasteiger partial charge in [-0.1, -0.05) is 25.3 Å². The smallest absolute Gasteiger partial charge is 0.138 e. The van der Waals surface area contributed by atoms with Crippen molar-refractivity contribution in [3.05, 3.63) is 30.1 Å². The number of pyridine rings is 1. The number of rotatable bonds is 4. The molecule has 1 saturated carbocycles. The van der Waals surface area contributed by atoms with Crippen LogP contribution in [0.3, 0.4) is 0 Å². The van der Waals surface area contributed by atoms with E-state index in [9.17, 15) is 0 Å². The van der Waals surface area contributed by atoms with E-state index >= 15 is 0 Å². The molecule has 0 amide bonds. The van der Waals surface area contributed by atoms with E-state index in [-0.39, 0.29) is 6.04 Å². The van der Waals surface area contributed by atoms with Crippen molar-refractivity contribution >= 4 is 17.4 Å². The summed E-state index contributed by atoms with van der Waals surface area (Å²) in [6, 6.07) is 6.36. The lowest BCUT2D eigenvalue weighted by atomic mass is 10.0. The predicted octanol–water partition coefficient (Wildman–Crippen LogP) is 3.65. The molecule has 2 N–H and O–H groups in total. The Morgan fingerprint density at radius 1 is 1.35 bits per heavy atom. The van der Waals surface area contributed by atoms with Crippen molar-refractivity contribution in [3.63, 3.8) is 0 Å². The molecule has 1 atom stereocenters. The highest BCUT2D eigenvalue weighted by Gasteiger charge is 2.20. The third-order valence-electron chi connectivity index (χ3n) is 3.94. The van der Waals surface area contributed by atoms with Gasteiger partial charge in [0.1, 0.15) is 10.7 Å². The maximum Gasteiger partial charge on any atom is 0.138 e. The summed E-state index contributed by atoms with van der Waals surface area (Å²) in [4.78, 5) is 4.83. The third kappa shape index (κ3) is 3.01. The van der Waals surface area contributed by atoms with E-state index in [1.54, 1.807) is 0 Å². The Morgan fingerprint density at radius 3 is 2.90 bits per heavy atom. The van der Waals surface area contributed by atoms with Gasteiger partial charge in [0.25, 0.3) is 0 Å². The minimum absolute atomic E-state index is 0.167. The van der Waals surface area contributed by atoms with Crippen molar-refractivity contribution in [1.29, 1.82) is 0 Å². The number of hydrogen-bond acceptors (Lipinski definition) is 3. The van der Waals surface area contributed by atoms with Gasteiger partial charge in [-0.25, -0.2) is 4.98 Å². The molecule has 2 aromatic rings. The second-order valence-corrected chi connectivity index (χ2v) is 7.14. The van der Waals surface area contributed by atoms with E-state index in [0.29, 0.717) is 0 Å². The molecule has 2 heterocycles. The molecular weight excluding hydrogens is 266 g/mol. The fourth-order valence-corrected chi connectivity index (χ4v) is 4.30. The summed E-state index contributed by atoms with van der Waals surface area (Å²) in [6.45, 7) is 2.07. The molecule has 0 bridgehead atoms. The fourth-order valence-electron chi connectivity index (χ4n) is 2.95. The quantitative estimate of drug-likeness (QED) is 0.934. The van der Waals surface area contributed by atoms with Gasteiger partial charge in [0.2, 0.25) is 0 Å². The van der Waals surface area contributed by atoms with E-state index in [2.05, 4.69) is 29.7 Å². The Morgan fingerprint density at radius 2 is 2.15 bits per heavy atom. The molecule has 0 spiro atoms. The van der Waals surface area contributed by atoms with Crippen LogP contribution in [-0.4, -0.2) is 20.7 Å². The summed E-state index contributed by atoms with van der Waals surface area (Å²) < 4.78 is 2.20. The van der Waals surface area contributed by atoms with Crippen molar-refractivity contribution in [2.75, 3.05) is 0 Å². The Bertz CT molecular complexity index is 570. The van der Waals surface area contributed by atoms with E-state index in [0.717, 1.165) is 17.3 Å². The molecule has 0 saturated heterocycles. The van der Waals surface area contributed by atoms with Crippen LogP contribution in [-0.2, 0) is 6.42 Å². The second-order valence-electron chi connectivity index (χ2n) is 5.85. The van der Waals surface area contributed by atoms with Gasteiger partial charge in [-0.3, -0.25) is 0 Å². The normalized spacial score (nSPS) is 18.5. The van der Waals surface area contributed by atoms with Crippen LogP contribution in [0.5, 0.6) is 0 Å². The molecule has 3 nitrogen and oxygen atoms in total. The maximum atomic E-state index is 6.03. The zero-order valence-electron chi connectivity index (χ0n) is 12.1. The van der Waals surface area contributed by atoms with Crippen LogP contribution >= 0.6 is 11.8 Å². The van der Waals surface area contributed by atoms with E-state index in [4.69, 9.17) is 10.7 Å². The summed E-state index contributed by atoms with van der Waals surface area (Å²) >= 11 is 1.97. The minimum atomic E-state index is 0.167. The van der Waals surface area contributed by atoms with Crippen LogP contribution in [0.1, 0.15) is 44.7 Å². The number of fused-ring (bicyclic) bond motifs is 1. The minimum Gasteiger partial charge on any atom is -0.328 e. The molecule has 4 heteroatoms. The van der Waals surface area contributed by atoms with Crippen molar-refractivity contribution < 1.29 is 0 Å². The summed E-state index contributed by atoms with van der Waals surface area (Å²) in [7, 11) is 0. The van der Waals surface area contributed by atoms with Crippen LogP contribution in [0.15, 0.2) is 29.4 Å². The van der Waals surface area contributed by atoms with Gasteiger partial charge < -0.3 is 10.1 Å². The van der Waals surface area contributed by atoms with Crippen LogP contribution < -0.4 is 5.73 Å². The molecule has 0 aliphatic heterocycles. The molecule has 3 rings (SSSR count). The molecule has 20 heavy (non-hydrogen) atoms. The highest BCUT2D eigenvalue weighted by Crippen LogP contribution is 2.35. The van der Waals surface area contributed by atoms with Gasteiger partial charge in [0.15, 0.2) is 0 Å². The number of nitrogens with two attached hydrogens (primary N) is 1. The topological polar surface area (TPSA) is 43.3 Å². The zero-order valence-corrected chi connectivity index (χ0v) is 12.9. The van der Waals surface area contributed by atoms with Crippen LogP contribution in [0.4, 0.5) is 0 Å². The number of imidazole rings is 1. The standard InChI is InChI=1S/C16H23N3S/c1-12(17)11-14-16(20-13-7-3-2-4-8-13)18-15-9-5-6-10-19(14)15/h5-6,9-10,12-13H,2-4,7-8,11,17H2,1H3. The van der Waals surface area contributed by atoms with Gasteiger partial charge in [-0.05, 0) is 31.9 Å². The Balaban J connectivity index is 1.91. The molecule has 1 unspecified atom stereocenters. The highest BCUT2D eigenvalue weighted by atomic mass is 32.2. The van der Waals surface area contributed by atoms with Crippen molar-refractivity contribution in [1.82, 2.24) is 9.38 Å². The molecule has 1 fully saturated rings. The van der Waals surface area contributed by atoms with Gasteiger partial charge >= 0.3 is 0 Å². The molecular formula is C16H23N3S. The first-order chi connectivity index (χ1) is 9.74. The number of hydrogen-bond donors (Lipinski definition) is 1. The van der Waals surface area contributed by atoms with E-state index < -0.39 is 0 Å². The zero-order chi connectivity index (χ0) is 13.9. The summed E-state index contributed by atoms with van der Waals surface area (Å²) in [6.07, 6.45) is 9.79. The molecule has 0 radical (unpaired) electrons. The summed E-state index contributed by atoms with van der Waals surface area (Å²) in [5, 5.41) is 1.93. The van der Waals surface area contributed by atoms with Crippen LogP contribution in [0.2, 0.25) is 0 Å². The number of nitrogens with zero attached hydrogens (tertiary/aromatic N) is 2. The van der Waals surface area contributed by atoms with Gasteiger partial charge in [0.05, 0.1) is 5.69 Å².